The second kappa shape index (κ2) is 4.40. The lowest BCUT2D eigenvalue weighted by atomic mass is 10.0. The standard InChI is InChI=1S/C10H11ClO4/c1-5(10(14)15)4-6-2-3-7(12)8(11)9(6)13/h2-3,5,12-13H,4H2,1H3,(H,14,15). The molecule has 0 aromatic heterocycles. The number of carboxylic acid groups (broad SMARTS) is 1. The number of hydrogen-bond donors (Lipinski definition) is 3. The number of aromatic hydroxyl groups is 2. The Morgan fingerprint density at radius 2 is 2.07 bits per heavy atom. The third-order valence-corrected chi connectivity index (χ3v) is 2.50. The Kier molecular flexibility index (Phi) is 3.42. The third kappa shape index (κ3) is 2.53. The molecule has 15 heavy (non-hydrogen) atoms. The molecular formula is C10H11ClO4. The fourth-order valence-electron chi connectivity index (χ4n) is 1.18. The molecule has 0 amide bonds. The Morgan fingerprint density at radius 1 is 1.47 bits per heavy atom. The zero-order chi connectivity index (χ0) is 11.6. The van der Waals surface area contributed by atoms with E-state index in [4.69, 9.17) is 21.8 Å². The monoisotopic (exact) mass is 230 g/mol. The number of carbonyl (C=O) groups is 1. The van der Waals surface area contributed by atoms with Gasteiger partial charge in [0.25, 0.3) is 0 Å². The van der Waals surface area contributed by atoms with Crippen LogP contribution in [-0.2, 0) is 11.2 Å². The molecule has 82 valence electrons. The average Bonchev–Trinajstić information content (AvgIpc) is 2.18. The summed E-state index contributed by atoms with van der Waals surface area (Å²) in [4.78, 5) is 10.6. The van der Waals surface area contributed by atoms with Crippen LogP contribution in [-0.4, -0.2) is 21.3 Å². The van der Waals surface area contributed by atoms with Crippen molar-refractivity contribution in [3.8, 4) is 11.5 Å². The van der Waals surface area contributed by atoms with Crippen LogP contribution < -0.4 is 0 Å². The zero-order valence-electron chi connectivity index (χ0n) is 8.07. The van der Waals surface area contributed by atoms with Crippen molar-refractivity contribution in [3.63, 3.8) is 0 Å². The Balaban J connectivity index is 2.97. The number of rotatable bonds is 3. The summed E-state index contributed by atoms with van der Waals surface area (Å²) in [6, 6.07) is 2.78. The molecule has 0 radical (unpaired) electrons. The van der Waals surface area contributed by atoms with Gasteiger partial charge in [-0.3, -0.25) is 4.79 Å². The smallest absolute Gasteiger partial charge is 0.306 e. The van der Waals surface area contributed by atoms with Crippen molar-refractivity contribution >= 4 is 17.6 Å². The summed E-state index contributed by atoms with van der Waals surface area (Å²) in [6.45, 7) is 1.53. The maximum Gasteiger partial charge on any atom is 0.306 e. The molecule has 0 fully saturated rings. The SMILES string of the molecule is CC(Cc1ccc(O)c(Cl)c1O)C(=O)O. The van der Waals surface area contributed by atoms with Crippen molar-refractivity contribution in [3.05, 3.63) is 22.7 Å². The van der Waals surface area contributed by atoms with E-state index in [1.165, 1.54) is 19.1 Å². The number of halogens is 1. The molecule has 0 bridgehead atoms. The first-order valence-corrected chi connectivity index (χ1v) is 4.73. The van der Waals surface area contributed by atoms with Gasteiger partial charge in [0.1, 0.15) is 16.5 Å². The van der Waals surface area contributed by atoms with Crippen LogP contribution in [0.5, 0.6) is 11.5 Å². The molecule has 0 aliphatic carbocycles. The lowest BCUT2D eigenvalue weighted by Gasteiger charge is -2.09. The number of phenols is 2. The Morgan fingerprint density at radius 3 is 2.60 bits per heavy atom. The molecule has 0 aliphatic rings. The molecule has 1 rings (SSSR count). The van der Waals surface area contributed by atoms with Gasteiger partial charge in [-0.15, -0.1) is 0 Å². The predicted molar refractivity (Wildman–Crippen MR) is 55.3 cm³/mol. The van der Waals surface area contributed by atoms with E-state index in [-0.39, 0.29) is 22.9 Å². The molecule has 0 saturated heterocycles. The first-order valence-electron chi connectivity index (χ1n) is 4.35. The quantitative estimate of drug-likeness (QED) is 0.742. The minimum absolute atomic E-state index is 0.148. The van der Waals surface area contributed by atoms with Gasteiger partial charge in [0.15, 0.2) is 0 Å². The lowest BCUT2D eigenvalue weighted by Crippen LogP contribution is -2.12. The van der Waals surface area contributed by atoms with Crippen LogP contribution >= 0.6 is 11.6 Å². The van der Waals surface area contributed by atoms with E-state index in [1.807, 2.05) is 0 Å². The van der Waals surface area contributed by atoms with Crippen LogP contribution in [0.2, 0.25) is 5.02 Å². The first-order chi connectivity index (χ1) is 6.93. The Bertz CT molecular complexity index is 389. The second-order valence-electron chi connectivity index (χ2n) is 3.35. The number of phenolic OH excluding ortho intramolecular Hbond substituents is 2. The predicted octanol–water partition coefficient (Wildman–Crippen LogP) is 2.01. The maximum atomic E-state index is 10.6. The molecule has 0 aliphatic heterocycles. The Labute approximate surface area is 91.7 Å². The summed E-state index contributed by atoms with van der Waals surface area (Å²) >= 11 is 5.60. The second-order valence-corrected chi connectivity index (χ2v) is 3.73. The number of aliphatic carboxylic acids is 1. The van der Waals surface area contributed by atoms with E-state index in [1.54, 1.807) is 0 Å². The summed E-state index contributed by atoms with van der Waals surface area (Å²) in [5.41, 5.74) is 0.410. The van der Waals surface area contributed by atoms with Gasteiger partial charge in [-0.05, 0) is 18.1 Å². The van der Waals surface area contributed by atoms with Crippen molar-refractivity contribution in [1.29, 1.82) is 0 Å². The summed E-state index contributed by atoms with van der Waals surface area (Å²) in [5.74, 6) is -2.04. The van der Waals surface area contributed by atoms with Crippen molar-refractivity contribution in [2.75, 3.05) is 0 Å². The summed E-state index contributed by atoms with van der Waals surface area (Å²) < 4.78 is 0. The molecule has 1 aromatic carbocycles. The highest BCUT2D eigenvalue weighted by Gasteiger charge is 2.16. The molecule has 4 nitrogen and oxygen atoms in total. The van der Waals surface area contributed by atoms with Crippen LogP contribution in [0.4, 0.5) is 0 Å². The van der Waals surface area contributed by atoms with Gasteiger partial charge in [0, 0.05) is 0 Å². The van der Waals surface area contributed by atoms with E-state index in [0.717, 1.165) is 0 Å². The van der Waals surface area contributed by atoms with Crippen LogP contribution in [0.25, 0.3) is 0 Å². The van der Waals surface area contributed by atoms with E-state index in [2.05, 4.69) is 0 Å². The molecule has 0 spiro atoms. The molecule has 3 N–H and O–H groups in total. The van der Waals surface area contributed by atoms with E-state index in [0.29, 0.717) is 5.56 Å². The summed E-state index contributed by atoms with van der Waals surface area (Å²) in [6.07, 6.45) is 0.168. The highest BCUT2D eigenvalue weighted by molar-refractivity contribution is 6.33. The van der Waals surface area contributed by atoms with Gasteiger partial charge >= 0.3 is 5.97 Å². The number of hydrogen-bond acceptors (Lipinski definition) is 3. The molecule has 1 aromatic rings. The molecule has 5 heteroatoms. The normalized spacial score (nSPS) is 12.4. The van der Waals surface area contributed by atoms with E-state index < -0.39 is 11.9 Å². The topological polar surface area (TPSA) is 77.8 Å². The van der Waals surface area contributed by atoms with Gasteiger partial charge in [-0.1, -0.05) is 24.6 Å². The average molecular weight is 231 g/mol. The minimum Gasteiger partial charge on any atom is -0.506 e. The molecule has 1 atom stereocenters. The number of carboxylic acids is 1. The summed E-state index contributed by atoms with van der Waals surface area (Å²) in [7, 11) is 0. The zero-order valence-corrected chi connectivity index (χ0v) is 8.82. The van der Waals surface area contributed by atoms with Crippen LogP contribution in [0.3, 0.4) is 0 Å². The molecule has 0 heterocycles. The largest absolute Gasteiger partial charge is 0.506 e. The van der Waals surface area contributed by atoms with Gasteiger partial charge in [0.2, 0.25) is 0 Å². The highest BCUT2D eigenvalue weighted by Crippen LogP contribution is 2.36. The minimum atomic E-state index is -0.946. The fraction of sp³-hybridized carbons (Fsp3) is 0.300. The highest BCUT2D eigenvalue weighted by atomic mass is 35.5. The van der Waals surface area contributed by atoms with Crippen molar-refractivity contribution in [1.82, 2.24) is 0 Å². The van der Waals surface area contributed by atoms with Crippen molar-refractivity contribution in [2.24, 2.45) is 5.92 Å². The molecule has 1 unspecified atom stereocenters. The van der Waals surface area contributed by atoms with Crippen LogP contribution in [0, 0.1) is 5.92 Å². The van der Waals surface area contributed by atoms with Gasteiger partial charge in [-0.2, -0.15) is 0 Å². The molecular weight excluding hydrogens is 220 g/mol. The van der Waals surface area contributed by atoms with Gasteiger partial charge in [0.05, 0.1) is 5.92 Å². The number of benzene rings is 1. The first kappa shape index (κ1) is 11.7. The molecule has 0 saturated carbocycles. The third-order valence-electron chi connectivity index (χ3n) is 2.13. The van der Waals surface area contributed by atoms with E-state index in [9.17, 15) is 9.90 Å². The Hall–Kier alpha value is -1.42. The van der Waals surface area contributed by atoms with Gasteiger partial charge in [-0.25, -0.2) is 0 Å². The maximum absolute atomic E-state index is 10.6. The lowest BCUT2D eigenvalue weighted by molar-refractivity contribution is -0.141. The van der Waals surface area contributed by atoms with Gasteiger partial charge < -0.3 is 15.3 Å². The van der Waals surface area contributed by atoms with Crippen LogP contribution in [0.1, 0.15) is 12.5 Å². The van der Waals surface area contributed by atoms with E-state index >= 15 is 0 Å². The van der Waals surface area contributed by atoms with Crippen LogP contribution in [0.15, 0.2) is 12.1 Å². The summed E-state index contributed by atoms with van der Waals surface area (Å²) in [5, 5.41) is 27.2. The fourth-order valence-corrected chi connectivity index (χ4v) is 1.36. The van der Waals surface area contributed by atoms with Crippen molar-refractivity contribution in [2.45, 2.75) is 13.3 Å². The van der Waals surface area contributed by atoms with Crippen molar-refractivity contribution < 1.29 is 20.1 Å².